The van der Waals surface area contributed by atoms with Gasteiger partial charge >= 0.3 is 0 Å². The maximum absolute atomic E-state index is 13.7. The number of carbonyl (C=O) groups is 2. The van der Waals surface area contributed by atoms with Crippen molar-refractivity contribution in [2.24, 2.45) is 0 Å². The van der Waals surface area contributed by atoms with Crippen LogP contribution in [0.2, 0.25) is 5.02 Å². The van der Waals surface area contributed by atoms with Crippen LogP contribution in [-0.4, -0.2) is 22.6 Å². The molecule has 1 heterocycles. The van der Waals surface area contributed by atoms with Gasteiger partial charge in [-0.1, -0.05) is 29.8 Å². The van der Waals surface area contributed by atoms with Crippen LogP contribution in [0.4, 0.5) is 15.9 Å². The van der Waals surface area contributed by atoms with Crippen molar-refractivity contribution in [3.8, 4) is 0 Å². The molecule has 0 aliphatic carbocycles. The Morgan fingerprint density at radius 1 is 1.04 bits per heavy atom. The molecule has 8 heteroatoms. The zero-order chi connectivity index (χ0) is 19.9. The van der Waals surface area contributed by atoms with Crippen LogP contribution in [0.15, 0.2) is 71.8 Å². The molecule has 3 aromatic rings. The summed E-state index contributed by atoms with van der Waals surface area (Å²) in [6.45, 7) is 0. The third kappa shape index (κ3) is 5.55. The molecule has 0 atom stereocenters. The van der Waals surface area contributed by atoms with Crippen LogP contribution >= 0.6 is 23.4 Å². The van der Waals surface area contributed by atoms with E-state index < -0.39 is 11.7 Å². The maximum Gasteiger partial charge on any atom is 0.258 e. The Morgan fingerprint density at radius 3 is 2.61 bits per heavy atom. The summed E-state index contributed by atoms with van der Waals surface area (Å²) in [6, 6.07) is 16.0. The number of halogens is 2. The van der Waals surface area contributed by atoms with E-state index in [9.17, 15) is 14.0 Å². The summed E-state index contributed by atoms with van der Waals surface area (Å²) in [6.07, 6.45) is 1.45. The lowest BCUT2D eigenvalue weighted by Gasteiger charge is -2.08. The average Bonchev–Trinajstić information content (AvgIpc) is 2.69. The normalized spacial score (nSPS) is 10.4. The van der Waals surface area contributed by atoms with E-state index in [1.165, 1.54) is 36.2 Å². The summed E-state index contributed by atoms with van der Waals surface area (Å²) in [5.74, 6) is -0.763. The van der Waals surface area contributed by atoms with Gasteiger partial charge in [0, 0.05) is 16.8 Å². The first-order valence-electron chi connectivity index (χ1n) is 8.21. The third-order valence-corrected chi connectivity index (χ3v) is 4.79. The van der Waals surface area contributed by atoms with Crippen LogP contribution in [-0.2, 0) is 4.79 Å². The van der Waals surface area contributed by atoms with Gasteiger partial charge in [0.15, 0.2) is 0 Å². The van der Waals surface area contributed by atoms with Crippen LogP contribution in [0, 0.1) is 5.82 Å². The minimum Gasteiger partial charge on any atom is -0.322 e. The SMILES string of the molecule is O=C(CSc1cccc(NC(=O)c2ccccc2F)c1)Nc1ccc(Cl)cn1. The summed E-state index contributed by atoms with van der Waals surface area (Å²) in [5.41, 5.74) is 0.480. The van der Waals surface area contributed by atoms with Gasteiger partial charge in [0.05, 0.1) is 16.3 Å². The van der Waals surface area contributed by atoms with Gasteiger partial charge < -0.3 is 10.6 Å². The van der Waals surface area contributed by atoms with Crippen LogP contribution in [0.5, 0.6) is 0 Å². The third-order valence-electron chi connectivity index (χ3n) is 3.58. The van der Waals surface area contributed by atoms with E-state index >= 15 is 0 Å². The number of hydrogen-bond acceptors (Lipinski definition) is 4. The molecular weight excluding hydrogens is 401 g/mol. The summed E-state index contributed by atoms with van der Waals surface area (Å²) in [7, 11) is 0. The molecule has 0 bridgehead atoms. The molecule has 1 aromatic heterocycles. The zero-order valence-electron chi connectivity index (χ0n) is 14.5. The van der Waals surface area contributed by atoms with Gasteiger partial charge in [0.25, 0.3) is 5.91 Å². The largest absolute Gasteiger partial charge is 0.322 e. The fraction of sp³-hybridized carbons (Fsp3) is 0.0500. The summed E-state index contributed by atoms with van der Waals surface area (Å²) >= 11 is 7.06. The van der Waals surface area contributed by atoms with Crippen LogP contribution in [0.3, 0.4) is 0 Å². The highest BCUT2D eigenvalue weighted by atomic mass is 35.5. The number of rotatable bonds is 6. The first kappa shape index (κ1) is 19.9. The van der Waals surface area contributed by atoms with Crippen molar-refractivity contribution in [3.63, 3.8) is 0 Å². The molecule has 2 N–H and O–H groups in total. The Bertz CT molecular complexity index is 999. The standard InChI is InChI=1S/C20H15ClFN3O2S/c21-13-8-9-18(23-11-13)25-19(26)12-28-15-5-3-4-14(10-15)24-20(27)16-6-1-2-7-17(16)22/h1-11H,12H2,(H,24,27)(H,23,25,26). The minimum absolute atomic E-state index is 0.0320. The Morgan fingerprint density at radius 2 is 1.86 bits per heavy atom. The predicted octanol–water partition coefficient (Wildman–Crippen LogP) is 4.86. The number of carbonyl (C=O) groups excluding carboxylic acids is 2. The second kappa shape index (κ2) is 9.34. The van der Waals surface area contributed by atoms with Gasteiger partial charge in [-0.15, -0.1) is 11.8 Å². The lowest BCUT2D eigenvalue weighted by molar-refractivity contribution is -0.113. The molecule has 0 spiro atoms. The van der Waals surface area contributed by atoms with Gasteiger partial charge in [0.1, 0.15) is 11.6 Å². The molecule has 0 saturated carbocycles. The van der Waals surface area contributed by atoms with Crippen molar-refractivity contribution < 1.29 is 14.0 Å². The monoisotopic (exact) mass is 415 g/mol. The Balaban J connectivity index is 1.57. The number of hydrogen-bond donors (Lipinski definition) is 2. The van der Waals surface area contributed by atoms with E-state index in [1.807, 2.05) is 6.07 Å². The number of anilines is 2. The molecule has 3 rings (SSSR count). The number of benzene rings is 2. The van der Waals surface area contributed by atoms with E-state index in [4.69, 9.17) is 11.6 Å². The average molecular weight is 416 g/mol. The van der Waals surface area contributed by atoms with E-state index in [0.29, 0.717) is 16.5 Å². The molecule has 0 radical (unpaired) electrons. The first-order valence-corrected chi connectivity index (χ1v) is 9.58. The molecule has 5 nitrogen and oxygen atoms in total. The smallest absolute Gasteiger partial charge is 0.258 e. The summed E-state index contributed by atoms with van der Waals surface area (Å²) < 4.78 is 13.7. The minimum atomic E-state index is -0.585. The number of pyridine rings is 1. The molecule has 142 valence electrons. The Kier molecular flexibility index (Phi) is 6.62. The lowest BCUT2D eigenvalue weighted by Crippen LogP contribution is -2.15. The number of nitrogens with zero attached hydrogens (tertiary/aromatic N) is 1. The fourth-order valence-electron chi connectivity index (χ4n) is 2.28. The number of amides is 2. The molecule has 0 unspecified atom stereocenters. The zero-order valence-corrected chi connectivity index (χ0v) is 16.1. The van der Waals surface area contributed by atoms with Gasteiger partial charge in [-0.05, 0) is 42.5 Å². The molecule has 0 saturated heterocycles. The van der Waals surface area contributed by atoms with Crippen molar-refractivity contribution in [2.45, 2.75) is 4.90 Å². The van der Waals surface area contributed by atoms with Crippen molar-refractivity contribution >= 4 is 46.7 Å². The fourth-order valence-corrected chi connectivity index (χ4v) is 3.15. The highest BCUT2D eigenvalue weighted by Gasteiger charge is 2.11. The molecule has 28 heavy (non-hydrogen) atoms. The van der Waals surface area contributed by atoms with Crippen molar-refractivity contribution in [3.05, 3.63) is 83.3 Å². The second-order valence-corrected chi connectivity index (χ2v) is 7.15. The van der Waals surface area contributed by atoms with Crippen molar-refractivity contribution in [1.29, 1.82) is 0 Å². The van der Waals surface area contributed by atoms with Gasteiger partial charge in [-0.25, -0.2) is 9.37 Å². The second-order valence-electron chi connectivity index (χ2n) is 5.66. The Hall–Kier alpha value is -2.90. The van der Waals surface area contributed by atoms with E-state index in [1.54, 1.807) is 36.4 Å². The number of nitrogens with one attached hydrogen (secondary N) is 2. The molecule has 0 aliphatic heterocycles. The van der Waals surface area contributed by atoms with E-state index in [-0.39, 0.29) is 17.2 Å². The number of thioether (sulfide) groups is 1. The summed E-state index contributed by atoms with van der Waals surface area (Å²) in [5, 5.41) is 5.82. The molecule has 2 amide bonds. The van der Waals surface area contributed by atoms with Crippen molar-refractivity contribution in [2.75, 3.05) is 16.4 Å². The highest BCUT2D eigenvalue weighted by Crippen LogP contribution is 2.22. The molecule has 2 aromatic carbocycles. The first-order chi connectivity index (χ1) is 13.5. The molecular formula is C20H15ClFN3O2S. The summed E-state index contributed by atoms with van der Waals surface area (Å²) in [4.78, 5) is 29.0. The van der Waals surface area contributed by atoms with Crippen LogP contribution < -0.4 is 10.6 Å². The number of aromatic nitrogens is 1. The van der Waals surface area contributed by atoms with Crippen molar-refractivity contribution in [1.82, 2.24) is 4.98 Å². The van der Waals surface area contributed by atoms with Gasteiger partial charge in [0.2, 0.25) is 5.91 Å². The highest BCUT2D eigenvalue weighted by molar-refractivity contribution is 8.00. The quantitative estimate of drug-likeness (QED) is 0.564. The molecule has 0 aliphatic rings. The van der Waals surface area contributed by atoms with E-state index in [2.05, 4.69) is 15.6 Å². The van der Waals surface area contributed by atoms with Crippen LogP contribution in [0.1, 0.15) is 10.4 Å². The topological polar surface area (TPSA) is 71.1 Å². The predicted molar refractivity (Wildman–Crippen MR) is 109 cm³/mol. The molecule has 0 fully saturated rings. The van der Waals surface area contributed by atoms with Crippen LogP contribution in [0.25, 0.3) is 0 Å². The van der Waals surface area contributed by atoms with Gasteiger partial charge in [-0.3, -0.25) is 9.59 Å². The van der Waals surface area contributed by atoms with E-state index in [0.717, 1.165) is 4.90 Å². The van der Waals surface area contributed by atoms with Gasteiger partial charge in [-0.2, -0.15) is 0 Å². The maximum atomic E-state index is 13.7. The Labute approximate surface area is 170 Å². The lowest BCUT2D eigenvalue weighted by atomic mass is 10.2.